The second-order valence-electron chi connectivity index (χ2n) is 3.34. The van der Waals surface area contributed by atoms with Crippen LogP contribution in [0, 0.1) is 0 Å². The summed E-state index contributed by atoms with van der Waals surface area (Å²) in [6, 6.07) is 0. The highest BCUT2D eigenvalue weighted by molar-refractivity contribution is 6.35. The van der Waals surface area contributed by atoms with Crippen molar-refractivity contribution >= 4 is 23.4 Å². The number of rotatable bonds is 3. The topological polar surface area (TPSA) is 61.4 Å². The Morgan fingerprint density at radius 1 is 1.33 bits per heavy atom. The van der Waals surface area contributed by atoms with E-state index in [0.717, 1.165) is 13.1 Å². The molecule has 6 heteroatoms. The van der Waals surface area contributed by atoms with Crippen LogP contribution in [0.1, 0.15) is 6.42 Å². The molecule has 1 rings (SSSR count). The van der Waals surface area contributed by atoms with E-state index in [1.54, 1.807) is 4.90 Å². The molecule has 5 nitrogen and oxygen atoms in total. The highest BCUT2D eigenvalue weighted by Gasteiger charge is 2.22. The summed E-state index contributed by atoms with van der Waals surface area (Å²) >= 11 is 5.46. The molecule has 2 N–H and O–H groups in total. The zero-order valence-electron chi connectivity index (χ0n) is 8.59. The van der Waals surface area contributed by atoms with Crippen molar-refractivity contribution in [3.8, 4) is 0 Å². The van der Waals surface area contributed by atoms with Crippen molar-refractivity contribution in [2.45, 2.75) is 6.42 Å². The highest BCUT2D eigenvalue weighted by atomic mass is 35.5. The van der Waals surface area contributed by atoms with Crippen molar-refractivity contribution in [1.82, 2.24) is 15.5 Å². The Bertz CT molecular complexity index is 229. The Hall–Kier alpha value is -0.810. The molecular weight excluding hydrogens is 218 g/mol. The third kappa shape index (κ3) is 4.05. The van der Waals surface area contributed by atoms with Crippen LogP contribution in [-0.4, -0.2) is 55.3 Å². The van der Waals surface area contributed by atoms with E-state index in [0.29, 0.717) is 31.9 Å². The van der Waals surface area contributed by atoms with Gasteiger partial charge in [-0.1, -0.05) is 0 Å². The van der Waals surface area contributed by atoms with E-state index in [9.17, 15) is 9.59 Å². The lowest BCUT2D eigenvalue weighted by Gasteiger charge is -2.26. The average molecular weight is 234 g/mol. The number of hydrogen-bond acceptors (Lipinski definition) is 3. The standard InChI is InChI=1S/C9H16ClN3O2/c10-2-1-3-12-8(14)9(15)13-6-4-11-5-7-13/h11H,1-7H2,(H,12,14). The summed E-state index contributed by atoms with van der Waals surface area (Å²) in [4.78, 5) is 24.5. The molecular formula is C9H16ClN3O2. The Morgan fingerprint density at radius 3 is 2.60 bits per heavy atom. The fraction of sp³-hybridized carbons (Fsp3) is 0.778. The lowest BCUT2D eigenvalue weighted by Crippen LogP contribution is -2.51. The number of carbonyl (C=O) groups excluding carboxylic acids is 2. The van der Waals surface area contributed by atoms with Gasteiger partial charge in [0.25, 0.3) is 0 Å². The second kappa shape index (κ2) is 6.63. The second-order valence-corrected chi connectivity index (χ2v) is 3.72. The van der Waals surface area contributed by atoms with E-state index in [2.05, 4.69) is 10.6 Å². The predicted molar refractivity (Wildman–Crippen MR) is 57.8 cm³/mol. The fourth-order valence-electron chi connectivity index (χ4n) is 1.36. The SMILES string of the molecule is O=C(NCCCCl)C(=O)N1CCNCC1. The van der Waals surface area contributed by atoms with E-state index in [-0.39, 0.29) is 0 Å². The van der Waals surface area contributed by atoms with Gasteiger partial charge < -0.3 is 15.5 Å². The van der Waals surface area contributed by atoms with Crippen molar-refractivity contribution in [2.75, 3.05) is 38.6 Å². The minimum atomic E-state index is -0.526. The fourth-order valence-corrected chi connectivity index (χ4v) is 1.49. The molecule has 1 fully saturated rings. The molecule has 1 saturated heterocycles. The minimum absolute atomic E-state index is 0.439. The zero-order valence-corrected chi connectivity index (χ0v) is 9.35. The largest absolute Gasteiger partial charge is 0.348 e. The summed E-state index contributed by atoms with van der Waals surface area (Å²) in [5.41, 5.74) is 0. The molecule has 0 spiro atoms. The van der Waals surface area contributed by atoms with E-state index >= 15 is 0 Å². The maximum absolute atomic E-state index is 11.5. The summed E-state index contributed by atoms with van der Waals surface area (Å²) in [5.74, 6) is -0.477. The van der Waals surface area contributed by atoms with Gasteiger partial charge in [-0.15, -0.1) is 11.6 Å². The number of piperazine rings is 1. The summed E-state index contributed by atoms with van der Waals surface area (Å²) in [7, 11) is 0. The van der Waals surface area contributed by atoms with Crippen molar-refractivity contribution in [2.24, 2.45) is 0 Å². The normalized spacial score (nSPS) is 16.2. The Balaban J connectivity index is 2.28. The average Bonchev–Trinajstić information content (AvgIpc) is 2.29. The maximum atomic E-state index is 11.5. The molecule has 15 heavy (non-hydrogen) atoms. The van der Waals surface area contributed by atoms with Crippen LogP contribution in [0.2, 0.25) is 0 Å². The summed E-state index contributed by atoms with van der Waals surface area (Å²) < 4.78 is 0. The van der Waals surface area contributed by atoms with Gasteiger partial charge in [0.05, 0.1) is 0 Å². The van der Waals surface area contributed by atoms with Gasteiger partial charge in [-0.05, 0) is 6.42 Å². The van der Waals surface area contributed by atoms with Crippen LogP contribution in [0.3, 0.4) is 0 Å². The molecule has 0 atom stereocenters. The summed E-state index contributed by atoms with van der Waals surface area (Å²) in [6.45, 7) is 3.16. The Morgan fingerprint density at radius 2 is 2.00 bits per heavy atom. The van der Waals surface area contributed by atoms with Gasteiger partial charge in [0.15, 0.2) is 0 Å². The monoisotopic (exact) mass is 233 g/mol. The number of carbonyl (C=O) groups is 2. The molecule has 0 bridgehead atoms. The zero-order chi connectivity index (χ0) is 11.1. The number of amides is 2. The van der Waals surface area contributed by atoms with Crippen molar-refractivity contribution in [1.29, 1.82) is 0 Å². The number of hydrogen-bond donors (Lipinski definition) is 2. The van der Waals surface area contributed by atoms with Gasteiger partial charge >= 0.3 is 11.8 Å². The number of nitrogens with one attached hydrogen (secondary N) is 2. The maximum Gasteiger partial charge on any atom is 0.311 e. The van der Waals surface area contributed by atoms with Crippen LogP contribution in [0.5, 0.6) is 0 Å². The Labute approximate surface area is 94.1 Å². The molecule has 1 aliphatic heterocycles. The molecule has 86 valence electrons. The van der Waals surface area contributed by atoms with Gasteiger partial charge in [-0.2, -0.15) is 0 Å². The molecule has 0 aromatic heterocycles. The van der Waals surface area contributed by atoms with Gasteiger partial charge in [0.2, 0.25) is 0 Å². The first kappa shape index (κ1) is 12.3. The molecule has 0 aromatic rings. The van der Waals surface area contributed by atoms with Gasteiger partial charge in [0, 0.05) is 38.6 Å². The number of nitrogens with zero attached hydrogens (tertiary/aromatic N) is 1. The lowest BCUT2D eigenvalue weighted by molar-refractivity contribution is -0.146. The molecule has 0 saturated carbocycles. The number of halogens is 1. The van der Waals surface area contributed by atoms with E-state index in [1.165, 1.54) is 0 Å². The molecule has 1 aliphatic rings. The van der Waals surface area contributed by atoms with Gasteiger partial charge in [-0.25, -0.2) is 0 Å². The smallest absolute Gasteiger partial charge is 0.311 e. The summed E-state index contributed by atoms with van der Waals surface area (Å²) in [5, 5.41) is 5.66. The quantitative estimate of drug-likeness (QED) is 0.380. The molecule has 0 radical (unpaired) electrons. The van der Waals surface area contributed by atoms with Crippen LogP contribution in [0.15, 0.2) is 0 Å². The van der Waals surface area contributed by atoms with Crippen LogP contribution >= 0.6 is 11.6 Å². The molecule has 0 aromatic carbocycles. The van der Waals surface area contributed by atoms with E-state index in [1.807, 2.05) is 0 Å². The van der Waals surface area contributed by atoms with Crippen molar-refractivity contribution in [3.63, 3.8) is 0 Å². The van der Waals surface area contributed by atoms with Crippen molar-refractivity contribution < 1.29 is 9.59 Å². The van der Waals surface area contributed by atoms with Gasteiger partial charge in [-0.3, -0.25) is 9.59 Å². The van der Waals surface area contributed by atoms with Crippen LogP contribution < -0.4 is 10.6 Å². The first-order valence-electron chi connectivity index (χ1n) is 5.09. The Kier molecular flexibility index (Phi) is 5.42. The molecule has 0 unspecified atom stereocenters. The number of alkyl halides is 1. The van der Waals surface area contributed by atoms with Crippen LogP contribution in [0.4, 0.5) is 0 Å². The van der Waals surface area contributed by atoms with Gasteiger partial charge in [0.1, 0.15) is 0 Å². The first-order chi connectivity index (χ1) is 7.25. The highest BCUT2D eigenvalue weighted by Crippen LogP contribution is 1.93. The van der Waals surface area contributed by atoms with Crippen molar-refractivity contribution in [3.05, 3.63) is 0 Å². The molecule has 0 aliphatic carbocycles. The molecule has 2 amide bonds. The van der Waals surface area contributed by atoms with E-state index in [4.69, 9.17) is 11.6 Å². The minimum Gasteiger partial charge on any atom is -0.348 e. The summed E-state index contributed by atoms with van der Waals surface area (Å²) in [6.07, 6.45) is 0.683. The first-order valence-corrected chi connectivity index (χ1v) is 5.63. The van der Waals surface area contributed by atoms with Crippen LogP contribution in [-0.2, 0) is 9.59 Å². The molecule has 1 heterocycles. The van der Waals surface area contributed by atoms with E-state index < -0.39 is 11.8 Å². The lowest BCUT2D eigenvalue weighted by atomic mass is 10.3. The third-order valence-corrected chi connectivity index (χ3v) is 2.46. The predicted octanol–water partition coefficient (Wildman–Crippen LogP) is -0.837. The third-order valence-electron chi connectivity index (χ3n) is 2.19. The van der Waals surface area contributed by atoms with Crippen LogP contribution in [0.25, 0.3) is 0 Å².